The van der Waals surface area contributed by atoms with E-state index in [-0.39, 0.29) is 18.1 Å². The zero-order valence-electron chi connectivity index (χ0n) is 12.4. The molecule has 0 unspecified atom stereocenters. The highest BCUT2D eigenvalue weighted by molar-refractivity contribution is 5.92. The molecule has 0 aliphatic rings. The highest BCUT2D eigenvalue weighted by Gasteiger charge is 2.06. The fourth-order valence-corrected chi connectivity index (χ4v) is 2.69. The van der Waals surface area contributed by atoms with Crippen molar-refractivity contribution in [1.82, 2.24) is 15.0 Å². The Morgan fingerprint density at radius 1 is 1.00 bits per heavy atom. The maximum Gasteiger partial charge on any atom is 0.347 e. The summed E-state index contributed by atoms with van der Waals surface area (Å²) in [6.45, 7) is 2.03. The van der Waals surface area contributed by atoms with E-state index in [1.165, 1.54) is 0 Å². The SMILES string of the molecule is Cc1cc2cc(Nc3nc(=O)[nH]c4ccccc34)ccc2[nH]1.Cl. The van der Waals surface area contributed by atoms with Crippen LogP contribution in [0.25, 0.3) is 21.8 Å². The van der Waals surface area contributed by atoms with Gasteiger partial charge in [-0.3, -0.25) is 0 Å². The molecule has 0 saturated heterocycles. The molecule has 0 saturated carbocycles. The van der Waals surface area contributed by atoms with Crippen LogP contribution in [0.2, 0.25) is 0 Å². The van der Waals surface area contributed by atoms with Crippen molar-refractivity contribution < 1.29 is 0 Å². The second-order valence-corrected chi connectivity index (χ2v) is 5.32. The minimum absolute atomic E-state index is 0. The molecule has 2 heterocycles. The van der Waals surface area contributed by atoms with E-state index in [0.717, 1.165) is 33.2 Å². The van der Waals surface area contributed by atoms with Gasteiger partial charge in [0.25, 0.3) is 0 Å². The van der Waals surface area contributed by atoms with E-state index >= 15 is 0 Å². The van der Waals surface area contributed by atoms with Gasteiger partial charge in [-0.2, -0.15) is 4.98 Å². The molecule has 4 rings (SSSR count). The zero-order valence-corrected chi connectivity index (χ0v) is 13.2. The van der Waals surface area contributed by atoms with Crippen LogP contribution >= 0.6 is 12.4 Å². The van der Waals surface area contributed by atoms with Crippen LogP contribution in [0, 0.1) is 6.92 Å². The fraction of sp³-hybridized carbons (Fsp3) is 0.0588. The lowest BCUT2D eigenvalue weighted by Gasteiger charge is -2.08. The van der Waals surface area contributed by atoms with Crippen molar-refractivity contribution in [3.63, 3.8) is 0 Å². The molecule has 2 aromatic carbocycles. The number of aryl methyl sites for hydroxylation is 1. The third-order valence-corrected chi connectivity index (χ3v) is 3.66. The molecule has 5 nitrogen and oxygen atoms in total. The summed E-state index contributed by atoms with van der Waals surface area (Å²) in [6, 6.07) is 15.7. The van der Waals surface area contributed by atoms with E-state index in [1.54, 1.807) is 0 Å². The molecule has 0 bridgehead atoms. The number of anilines is 2. The summed E-state index contributed by atoms with van der Waals surface area (Å²) in [5.74, 6) is 0.561. The van der Waals surface area contributed by atoms with E-state index in [9.17, 15) is 4.79 Å². The molecule has 23 heavy (non-hydrogen) atoms. The van der Waals surface area contributed by atoms with Crippen molar-refractivity contribution in [2.45, 2.75) is 6.92 Å². The Balaban J connectivity index is 0.00000156. The predicted octanol–water partition coefficient (Wildman–Crippen LogP) is 3.88. The lowest BCUT2D eigenvalue weighted by atomic mass is 10.2. The molecule has 0 aliphatic carbocycles. The molecular weight excluding hydrogens is 312 g/mol. The Morgan fingerprint density at radius 2 is 1.83 bits per heavy atom. The summed E-state index contributed by atoms with van der Waals surface area (Å²) < 4.78 is 0. The number of nitrogens with zero attached hydrogens (tertiary/aromatic N) is 1. The monoisotopic (exact) mass is 326 g/mol. The van der Waals surface area contributed by atoms with Gasteiger partial charge in [-0.25, -0.2) is 4.79 Å². The molecule has 0 radical (unpaired) electrons. The molecular formula is C17H15ClN4O. The Labute approximate surface area is 138 Å². The lowest BCUT2D eigenvalue weighted by molar-refractivity contribution is 1.12. The first-order chi connectivity index (χ1) is 10.7. The summed E-state index contributed by atoms with van der Waals surface area (Å²) in [6.07, 6.45) is 0. The quantitative estimate of drug-likeness (QED) is 0.523. The molecule has 4 aromatic rings. The van der Waals surface area contributed by atoms with Gasteiger partial charge in [0.2, 0.25) is 0 Å². The van der Waals surface area contributed by atoms with Gasteiger partial charge in [0.05, 0.1) is 5.52 Å². The van der Waals surface area contributed by atoms with Crippen molar-refractivity contribution in [2.24, 2.45) is 0 Å². The summed E-state index contributed by atoms with van der Waals surface area (Å²) >= 11 is 0. The van der Waals surface area contributed by atoms with Gasteiger partial charge >= 0.3 is 5.69 Å². The summed E-state index contributed by atoms with van der Waals surface area (Å²) in [7, 11) is 0. The van der Waals surface area contributed by atoms with Crippen LogP contribution in [0.4, 0.5) is 11.5 Å². The van der Waals surface area contributed by atoms with E-state index in [2.05, 4.69) is 26.3 Å². The van der Waals surface area contributed by atoms with Crippen LogP contribution in [0.15, 0.2) is 53.3 Å². The lowest BCUT2D eigenvalue weighted by Crippen LogP contribution is -2.12. The first-order valence-corrected chi connectivity index (χ1v) is 7.04. The smallest absolute Gasteiger partial charge is 0.347 e. The zero-order chi connectivity index (χ0) is 15.1. The van der Waals surface area contributed by atoms with Crippen molar-refractivity contribution in [2.75, 3.05) is 5.32 Å². The van der Waals surface area contributed by atoms with E-state index in [0.29, 0.717) is 5.82 Å². The molecule has 3 N–H and O–H groups in total. The van der Waals surface area contributed by atoms with Gasteiger partial charge in [0, 0.05) is 27.7 Å². The minimum Gasteiger partial charge on any atom is -0.359 e. The second-order valence-electron chi connectivity index (χ2n) is 5.32. The molecule has 116 valence electrons. The number of benzene rings is 2. The first-order valence-electron chi connectivity index (χ1n) is 7.04. The van der Waals surface area contributed by atoms with Gasteiger partial charge in [-0.1, -0.05) is 12.1 Å². The molecule has 2 aromatic heterocycles. The predicted molar refractivity (Wildman–Crippen MR) is 95.9 cm³/mol. The Bertz CT molecular complexity index is 1050. The van der Waals surface area contributed by atoms with Gasteiger partial charge < -0.3 is 15.3 Å². The van der Waals surface area contributed by atoms with Crippen molar-refractivity contribution in [3.05, 3.63) is 64.7 Å². The molecule has 6 heteroatoms. The van der Waals surface area contributed by atoms with Gasteiger partial charge in [-0.05, 0) is 43.3 Å². The van der Waals surface area contributed by atoms with Crippen LogP contribution in [-0.2, 0) is 0 Å². The van der Waals surface area contributed by atoms with E-state index in [4.69, 9.17) is 0 Å². The van der Waals surface area contributed by atoms with Crippen molar-refractivity contribution in [1.29, 1.82) is 0 Å². The third-order valence-electron chi connectivity index (χ3n) is 3.66. The van der Waals surface area contributed by atoms with Gasteiger partial charge in [0.15, 0.2) is 0 Å². The Kier molecular flexibility index (Phi) is 3.80. The van der Waals surface area contributed by atoms with Crippen LogP contribution < -0.4 is 11.0 Å². The van der Waals surface area contributed by atoms with Crippen molar-refractivity contribution >= 4 is 45.7 Å². The summed E-state index contributed by atoms with van der Waals surface area (Å²) in [5, 5.41) is 5.25. The molecule has 0 fully saturated rings. The van der Waals surface area contributed by atoms with E-state index in [1.807, 2.05) is 49.4 Å². The van der Waals surface area contributed by atoms with Crippen LogP contribution in [-0.4, -0.2) is 15.0 Å². The number of fused-ring (bicyclic) bond motifs is 2. The maximum atomic E-state index is 11.7. The van der Waals surface area contributed by atoms with Crippen LogP contribution in [0.5, 0.6) is 0 Å². The number of rotatable bonds is 2. The standard InChI is InChI=1S/C17H14N4O.ClH/c1-10-8-11-9-12(6-7-14(11)18-10)19-16-13-4-2-3-5-15(13)20-17(22)21-16;/h2-9,18H,1H3,(H2,19,20,21,22);1H. The average molecular weight is 327 g/mol. The maximum absolute atomic E-state index is 11.7. The third kappa shape index (κ3) is 2.78. The number of para-hydroxylation sites is 1. The molecule has 0 spiro atoms. The number of hydrogen-bond acceptors (Lipinski definition) is 3. The van der Waals surface area contributed by atoms with Crippen LogP contribution in [0.3, 0.4) is 0 Å². The fourth-order valence-electron chi connectivity index (χ4n) is 2.69. The Morgan fingerprint density at radius 3 is 2.70 bits per heavy atom. The number of H-pyrrole nitrogens is 2. The van der Waals surface area contributed by atoms with Gasteiger partial charge in [0.1, 0.15) is 5.82 Å². The summed E-state index contributed by atoms with van der Waals surface area (Å²) in [4.78, 5) is 21.8. The van der Waals surface area contributed by atoms with Crippen LogP contribution in [0.1, 0.15) is 5.69 Å². The highest BCUT2D eigenvalue weighted by Crippen LogP contribution is 2.25. The largest absolute Gasteiger partial charge is 0.359 e. The topological polar surface area (TPSA) is 73.6 Å². The number of aromatic amines is 2. The minimum atomic E-state index is -0.361. The number of halogens is 1. The molecule has 0 amide bonds. The average Bonchev–Trinajstić information content (AvgIpc) is 2.86. The summed E-state index contributed by atoms with van der Waals surface area (Å²) in [5.41, 5.74) is 3.51. The second kappa shape index (κ2) is 5.78. The highest BCUT2D eigenvalue weighted by atomic mass is 35.5. The van der Waals surface area contributed by atoms with Crippen molar-refractivity contribution in [3.8, 4) is 0 Å². The normalized spacial score (nSPS) is 10.7. The molecule has 0 aliphatic heterocycles. The van der Waals surface area contributed by atoms with E-state index < -0.39 is 0 Å². The Hall–Kier alpha value is -2.79. The molecule has 0 atom stereocenters. The number of aromatic nitrogens is 3. The first kappa shape index (κ1) is 15.1. The number of hydrogen-bond donors (Lipinski definition) is 3. The van der Waals surface area contributed by atoms with Gasteiger partial charge in [-0.15, -0.1) is 12.4 Å². The number of nitrogens with one attached hydrogen (secondary N) is 3.